The van der Waals surface area contributed by atoms with E-state index in [4.69, 9.17) is 9.40 Å². The number of furan rings is 1. The van der Waals surface area contributed by atoms with Crippen LogP contribution in [-0.2, 0) is 0 Å². The maximum atomic E-state index is 13.5. The third-order valence-corrected chi connectivity index (χ3v) is 5.71. The maximum Gasteiger partial charge on any atom is 0.258 e. The number of hydrogen-bond acceptors (Lipinski definition) is 5. The van der Waals surface area contributed by atoms with Crippen molar-refractivity contribution in [1.82, 2.24) is 19.9 Å². The van der Waals surface area contributed by atoms with Gasteiger partial charge in [-0.25, -0.2) is 9.97 Å². The summed E-state index contributed by atoms with van der Waals surface area (Å²) in [6.07, 6.45) is 6.74. The monoisotopic (exact) mass is 457 g/mol. The number of anilines is 1. The predicted octanol–water partition coefficient (Wildman–Crippen LogP) is 6.20. The van der Waals surface area contributed by atoms with Crippen molar-refractivity contribution < 1.29 is 9.21 Å². The standard InChI is InChI=1S/C28H19N5O2/c34-27(33-28-30-17-25(32-28)26-9-5-13-35-26)22-15-24(18-6-2-1-3-7-18)31-23-11-10-19(14-21(22)23)20-8-4-12-29-16-20/h1-17H,(H2,30,32,33,34). The lowest BCUT2D eigenvalue weighted by Gasteiger charge is -2.11. The minimum atomic E-state index is -0.293. The molecule has 0 radical (unpaired) electrons. The molecule has 168 valence electrons. The second-order valence-electron chi connectivity index (χ2n) is 7.97. The van der Waals surface area contributed by atoms with E-state index in [-0.39, 0.29) is 5.91 Å². The summed E-state index contributed by atoms with van der Waals surface area (Å²) < 4.78 is 5.40. The van der Waals surface area contributed by atoms with E-state index >= 15 is 0 Å². The molecule has 0 bridgehead atoms. The Morgan fingerprint density at radius 1 is 0.857 bits per heavy atom. The number of nitrogens with zero attached hydrogens (tertiary/aromatic N) is 3. The summed E-state index contributed by atoms with van der Waals surface area (Å²) >= 11 is 0. The highest BCUT2D eigenvalue weighted by Gasteiger charge is 2.17. The molecular weight excluding hydrogens is 438 g/mol. The Morgan fingerprint density at radius 2 is 1.74 bits per heavy atom. The first kappa shape index (κ1) is 20.6. The normalized spacial score (nSPS) is 11.0. The molecule has 2 N–H and O–H groups in total. The van der Waals surface area contributed by atoms with Crippen LogP contribution in [0.1, 0.15) is 10.4 Å². The van der Waals surface area contributed by atoms with Crippen LogP contribution in [0.2, 0.25) is 0 Å². The van der Waals surface area contributed by atoms with E-state index in [1.165, 1.54) is 0 Å². The molecule has 1 amide bonds. The fourth-order valence-electron chi connectivity index (χ4n) is 4.00. The number of H-pyrrole nitrogens is 1. The Morgan fingerprint density at radius 3 is 2.54 bits per heavy atom. The van der Waals surface area contributed by atoms with E-state index in [9.17, 15) is 4.79 Å². The van der Waals surface area contributed by atoms with E-state index in [1.807, 2.05) is 72.8 Å². The number of carbonyl (C=O) groups is 1. The molecular formula is C28H19N5O2. The van der Waals surface area contributed by atoms with Gasteiger partial charge in [0.25, 0.3) is 5.91 Å². The molecule has 0 saturated heterocycles. The first-order chi connectivity index (χ1) is 17.2. The fourth-order valence-corrected chi connectivity index (χ4v) is 4.00. The zero-order valence-electron chi connectivity index (χ0n) is 18.5. The number of rotatable bonds is 5. The molecule has 6 aromatic rings. The van der Waals surface area contributed by atoms with E-state index in [2.05, 4.69) is 20.3 Å². The molecule has 0 aliphatic heterocycles. The summed E-state index contributed by atoms with van der Waals surface area (Å²) in [4.78, 5) is 30.0. The third kappa shape index (κ3) is 4.06. The number of nitrogens with one attached hydrogen (secondary N) is 2. The number of hydrogen-bond donors (Lipinski definition) is 2. The molecule has 6 rings (SSSR count). The van der Waals surface area contributed by atoms with Gasteiger partial charge in [0.05, 0.1) is 29.2 Å². The van der Waals surface area contributed by atoms with Gasteiger partial charge in [0.2, 0.25) is 5.95 Å². The van der Waals surface area contributed by atoms with Crippen molar-refractivity contribution >= 4 is 22.8 Å². The van der Waals surface area contributed by atoms with Gasteiger partial charge in [-0.2, -0.15) is 0 Å². The Kier molecular flexibility index (Phi) is 5.12. The van der Waals surface area contributed by atoms with Gasteiger partial charge < -0.3 is 9.40 Å². The van der Waals surface area contributed by atoms with Crippen LogP contribution in [0.25, 0.3) is 44.7 Å². The number of aromatic amines is 1. The minimum Gasteiger partial charge on any atom is -0.463 e. The molecule has 4 heterocycles. The highest BCUT2D eigenvalue weighted by Crippen LogP contribution is 2.29. The van der Waals surface area contributed by atoms with Crippen molar-refractivity contribution in [3.05, 3.63) is 109 Å². The van der Waals surface area contributed by atoms with E-state index in [0.29, 0.717) is 28.7 Å². The molecule has 7 heteroatoms. The second kappa shape index (κ2) is 8.72. The molecule has 4 aromatic heterocycles. The Bertz CT molecular complexity index is 1620. The first-order valence-electron chi connectivity index (χ1n) is 11.1. The first-order valence-corrected chi connectivity index (χ1v) is 11.1. The summed E-state index contributed by atoms with van der Waals surface area (Å²) in [7, 11) is 0. The quantitative estimate of drug-likeness (QED) is 0.321. The number of aromatic nitrogens is 4. The van der Waals surface area contributed by atoms with Crippen LogP contribution in [0.15, 0.2) is 108 Å². The van der Waals surface area contributed by atoms with Gasteiger partial charge >= 0.3 is 0 Å². The molecule has 0 atom stereocenters. The van der Waals surface area contributed by atoms with Crippen molar-refractivity contribution in [1.29, 1.82) is 0 Å². The predicted molar refractivity (Wildman–Crippen MR) is 135 cm³/mol. The summed E-state index contributed by atoms with van der Waals surface area (Å²) in [5.41, 5.74) is 5.45. The van der Waals surface area contributed by atoms with Crippen LogP contribution in [-0.4, -0.2) is 25.8 Å². The smallest absolute Gasteiger partial charge is 0.258 e. The van der Waals surface area contributed by atoms with Gasteiger partial charge in [-0.1, -0.05) is 42.5 Å². The molecule has 2 aromatic carbocycles. The lowest BCUT2D eigenvalue weighted by Crippen LogP contribution is -2.14. The van der Waals surface area contributed by atoms with Crippen molar-refractivity contribution in [3.8, 4) is 33.8 Å². The van der Waals surface area contributed by atoms with Crippen LogP contribution in [0.5, 0.6) is 0 Å². The Balaban J connectivity index is 1.44. The van der Waals surface area contributed by atoms with Crippen molar-refractivity contribution in [2.45, 2.75) is 0 Å². The zero-order chi connectivity index (χ0) is 23.6. The van der Waals surface area contributed by atoms with Crippen molar-refractivity contribution in [2.24, 2.45) is 0 Å². The maximum absolute atomic E-state index is 13.5. The third-order valence-electron chi connectivity index (χ3n) is 5.71. The van der Waals surface area contributed by atoms with E-state index in [1.54, 1.807) is 30.9 Å². The molecule has 0 aliphatic carbocycles. The highest BCUT2D eigenvalue weighted by molar-refractivity contribution is 6.13. The average Bonchev–Trinajstić information content (AvgIpc) is 3.61. The van der Waals surface area contributed by atoms with Gasteiger partial charge in [-0.05, 0) is 42.0 Å². The second-order valence-corrected chi connectivity index (χ2v) is 7.97. The SMILES string of the molecule is O=C(Nc1ncc(-c2ccco2)[nH]1)c1cc(-c2ccccc2)nc2ccc(-c3cccnc3)cc12. The highest BCUT2D eigenvalue weighted by atomic mass is 16.3. The van der Waals surface area contributed by atoms with Crippen LogP contribution >= 0.6 is 0 Å². The minimum absolute atomic E-state index is 0.293. The summed E-state index contributed by atoms with van der Waals surface area (Å²) in [5.74, 6) is 0.675. The number of imidazole rings is 1. The summed E-state index contributed by atoms with van der Waals surface area (Å²) in [5, 5.41) is 3.62. The average molecular weight is 457 g/mol. The lowest BCUT2D eigenvalue weighted by atomic mass is 9.99. The molecule has 0 fully saturated rings. The topological polar surface area (TPSA) is 96.7 Å². The molecule has 7 nitrogen and oxygen atoms in total. The van der Waals surface area contributed by atoms with Gasteiger partial charge in [0.1, 0.15) is 5.69 Å². The van der Waals surface area contributed by atoms with E-state index < -0.39 is 0 Å². The van der Waals surface area contributed by atoms with Gasteiger partial charge in [0, 0.05) is 28.9 Å². The fraction of sp³-hybridized carbons (Fsp3) is 0. The number of carbonyl (C=O) groups excluding carboxylic acids is 1. The van der Waals surface area contributed by atoms with Gasteiger partial charge in [0.15, 0.2) is 5.76 Å². The van der Waals surface area contributed by atoms with Crippen molar-refractivity contribution in [3.63, 3.8) is 0 Å². The van der Waals surface area contributed by atoms with Crippen LogP contribution in [0.3, 0.4) is 0 Å². The number of fused-ring (bicyclic) bond motifs is 1. The summed E-state index contributed by atoms with van der Waals surface area (Å²) in [6, 6.07) is 25.0. The zero-order valence-corrected chi connectivity index (χ0v) is 18.5. The van der Waals surface area contributed by atoms with E-state index in [0.717, 1.165) is 27.6 Å². The molecule has 0 aliphatic rings. The number of pyridine rings is 2. The molecule has 0 spiro atoms. The van der Waals surface area contributed by atoms with Gasteiger partial charge in [-0.15, -0.1) is 0 Å². The largest absolute Gasteiger partial charge is 0.463 e. The summed E-state index contributed by atoms with van der Waals surface area (Å²) in [6.45, 7) is 0. The molecule has 35 heavy (non-hydrogen) atoms. The molecule has 0 unspecified atom stereocenters. The van der Waals surface area contributed by atoms with Crippen LogP contribution in [0.4, 0.5) is 5.95 Å². The Hall–Kier alpha value is -5.04. The number of benzene rings is 2. The van der Waals surface area contributed by atoms with Crippen LogP contribution in [0, 0.1) is 0 Å². The van der Waals surface area contributed by atoms with Crippen molar-refractivity contribution in [2.75, 3.05) is 5.32 Å². The van der Waals surface area contributed by atoms with Crippen LogP contribution < -0.4 is 5.32 Å². The van der Waals surface area contributed by atoms with Gasteiger partial charge in [-0.3, -0.25) is 15.1 Å². The molecule has 0 saturated carbocycles. The number of amides is 1. The Labute approximate surface area is 200 Å². The lowest BCUT2D eigenvalue weighted by molar-refractivity contribution is 0.102.